The molecule has 2 aromatic heterocycles. The lowest BCUT2D eigenvalue weighted by atomic mass is 10.0. The van der Waals surface area contributed by atoms with Crippen LogP contribution in [0.4, 0.5) is 0 Å². The van der Waals surface area contributed by atoms with Crippen molar-refractivity contribution < 1.29 is 13.5 Å². The zero-order valence-corrected chi connectivity index (χ0v) is 24.2. The van der Waals surface area contributed by atoms with Crippen LogP contribution in [0.15, 0.2) is 75.5 Å². The first-order valence-corrected chi connectivity index (χ1v) is 15.2. The molecule has 0 fully saturated rings. The van der Waals surface area contributed by atoms with Crippen molar-refractivity contribution in [1.29, 1.82) is 0 Å². The molecule has 0 amide bonds. The highest BCUT2D eigenvalue weighted by atomic mass is 127. The van der Waals surface area contributed by atoms with Gasteiger partial charge < -0.3 is 5.11 Å². The summed E-state index contributed by atoms with van der Waals surface area (Å²) in [5, 5.41) is 11.5. The standard InChI is InChI=1S/C29H28IN3O4S/c1-3-4-5-26-32-28(34)27(29(35)33(26)25-13-9-20-6-10-21(30)16-24(20)25)38(36,37)22-11-7-19(8-12-22)23-14-15-31-17-18(23)2/h6-8,10-12,14-17,25,35H,3-5,9,13H2,1-2H3/t25-/m1/s1. The molecule has 0 bridgehead atoms. The highest BCUT2D eigenvalue weighted by Gasteiger charge is 2.34. The summed E-state index contributed by atoms with van der Waals surface area (Å²) < 4.78 is 30.1. The van der Waals surface area contributed by atoms with Crippen molar-refractivity contribution in [2.24, 2.45) is 0 Å². The molecule has 7 nitrogen and oxygen atoms in total. The van der Waals surface area contributed by atoms with E-state index in [-0.39, 0.29) is 10.9 Å². The van der Waals surface area contributed by atoms with E-state index < -0.39 is 26.2 Å². The molecular formula is C29H28IN3O4S. The van der Waals surface area contributed by atoms with Crippen molar-refractivity contribution in [2.75, 3.05) is 0 Å². The zero-order chi connectivity index (χ0) is 27.0. The van der Waals surface area contributed by atoms with Crippen LogP contribution in [0.1, 0.15) is 54.7 Å². The van der Waals surface area contributed by atoms with Gasteiger partial charge in [0.15, 0.2) is 4.90 Å². The Labute approximate surface area is 235 Å². The predicted octanol–water partition coefficient (Wildman–Crippen LogP) is 5.63. The third-order valence-corrected chi connectivity index (χ3v) is 9.58. The number of unbranched alkanes of at least 4 members (excludes halogenated alkanes) is 1. The number of rotatable bonds is 7. The van der Waals surface area contributed by atoms with Crippen LogP contribution in [-0.2, 0) is 22.7 Å². The molecule has 0 aliphatic heterocycles. The summed E-state index contributed by atoms with van der Waals surface area (Å²) in [6.07, 6.45) is 7.02. The minimum absolute atomic E-state index is 0.0728. The summed E-state index contributed by atoms with van der Waals surface area (Å²) in [5.41, 5.74) is 3.97. The van der Waals surface area contributed by atoms with E-state index in [1.54, 1.807) is 29.1 Å². The third kappa shape index (κ3) is 4.77. The Morgan fingerprint density at radius 2 is 1.89 bits per heavy atom. The monoisotopic (exact) mass is 641 g/mol. The number of benzene rings is 2. The van der Waals surface area contributed by atoms with Crippen LogP contribution in [0, 0.1) is 10.5 Å². The van der Waals surface area contributed by atoms with E-state index in [9.17, 15) is 18.3 Å². The van der Waals surface area contributed by atoms with E-state index in [0.29, 0.717) is 18.7 Å². The minimum atomic E-state index is -4.34. The number of hydrogen-bond donors (Lipinski definition) is 1. The third-order valence-electron chi connectivity index (χ3n) is 7.12. The van der Waals surface area contributed by atoms with Gasteiger partial charge in [0.25, 0.3) is 5.56 Å². The molecule has 2 heterocycles. The normalized spacial score (nSPS) is 15.0. The fourth-order valence-corrected chi connectivity index (χ4v) is 7.03. The molecule has 0 radical (unpaired) electrons. The molecule has 196 valence electrons. The summed E-state index contributed by atoms with van der Waals surface area (Å²) in [4.78, 5) is 20.8. The van der Waals surface area contributed by atoms with E-state index >= 15 is 0 Å². The summed E-state index contributed by atoms with van der Waals surface area (Å²) in [5.74, 6) is -0.129. The van der Waals surface area contributed by atoms with Crippen molar-refractivity contribution in [2.45, 2.75) is 61.8 Å². The van der Waals surface area contributed by atoms with Gasteiger partial charge in [0.2, 0.25) is 15.7 Å². The van der Waals surface area contributed by atoms with Gasteiger partial charge in [-0.25, -0.2) is 8.42 Å². The van der Waals surface area contributed by atoms with Gasteiger partial charge in [-0.3, -0.25) is 14.3 Å². The number of sulfone groups is 1. The molecule has 1 atom stereocenters. The lowest BCUT2D eigenvalue weighted by Crippen LogP contribution is -2.27. The van der Waals surface area contributed by atoms with Crippen LogP contribution < -0.4 is 5.56 Å². The largest absolute Gasteiger partial charge is 0.493 e. The summed E-state index contributed by atoms with van der Waals surface area (Å²) in [6.45, 7) is 3.97. The van der Waals surface area contributed by atoms with Crippen LogP contribution in [0.3, 0.4) is 0 Å². The molecule has 4 aromatic rings. The number of hydrogen-bond acceptors (Lipinski definition) is 6. The van der Waals surface area contributed by atoms with Crippen LogP contribution in [-0.4, -0.2) is 28.1 Å². The number of pyridine rings is 1. The number of nitrogens with zero attached hydrogens (tertiary/aromatic N) is 3. The van der Waals surface area contributed by atoms with Crippen LogP contribution in [0.25, 0.3) is 11.1 Å². The molecule has 0 saturated carbocycles. The number of aromatic hydroxyl groups is 1. The van der Waals surface area contributed by atoms with Gasteiger partial charge in [0, 0.05) is 22.4 Å². The number of aryl methyl sites for hydroxylation is 3. The molecule has 9 heteroatoms. The predicted molar refractivity (Wildman–Crippen MR) is 154 cm³/mol. The summed E-state index contributed by atoms with van der Waals surface area (Å²) in [6, 6.07) is 14.1. The van der Waals surface area contributed by atoms with E-state index in [1.807, 2.05) is 26.0 Å². The van der Waals surface area contributed by atoms with Crippen molar-refractivity contribution in [3.05, 3.63) is 97.4 Å². The number of aromatic nitrogens is 3. The first-order chi connectivity index (χ1) is 18.2. The van der Waals surface area contributed by atoms with Gasteiger partial charge in [-0.05, 0) is 107 Å². The van der Waals surface area contributed by atoms with Gasteiger partial charge in [0.1, 0.15) is 5.82 Å². The average molecular weight is 642 g/mol. The molecular weight excluding hydrogens is 613 g/mol. The maximum Gasteiger partial charge on any atom is 0.296 e. The van der Waals surface area contributed by atoms with E-state index in [4.69, 9.17) is 0 Å². The van der Waals surface area contributed by atoms with Crippen molar-refractivity contribution in [3.63, 3.8) is 0 Å². The molecule has 2 aromatic carbocycles. The smallest absolute Gasteiger partial charge is 0.296 e. The highest BCUT2D eigenvalue weighted by molar-refractivity contribution is 14.1. The molecule has 0 unspecified atom stereocenters. The second-order valence-corrected chi connectivity index (χ2v) is 12.7. The quantitative estimate of drug-likeness (QED) is 0.263. The van der Waals surface area contributed by atoms with E-state index in [0.717, 1.165) is 50.6 Å². The molecule has 1 aliphatic carbocycles. The lowest BCUT2D eigenvalue weighted by Gasteiger charge is -2.23. The summed E-state index contributed by atoms with van der Waals surface area (Å²) >= 11 is 2.25. The SMILES string of the molecule is CCCCc1nc(=O)c(S(=O)(=O)c2ccc(-c3ccncc3C)cc2)c(O)n1[C@@H]1CCc2ccc(I)cc21. The molecule has 0 spiro atoms. The Morgan fingerprint density at radius 3 is 2.61 bits per heavy atom. The average Bonchev–Trinajstić information content (AvgIpc) is 3.30. The van der Waals surface area contributed by atoms with Crippen LogP contribution >= 0.6 is 22.6 Å². The van der Waals surface area contributed by atoms with Gasteiger partial charge in [-0.1, -0.05) is 31.5 Å². The Morgan fingerprint density at radius 1 is 1.13 bits per heavy atom. The second-order valence-electron chi connectivity index (χ2n) is 9.58. The number of halogens is 1. The lowest BCUT2D eigenvalue weighted by molar-refractivity contribution is 0.361. The van der Waals surface area contributed by atoms with Crippen molar-refractivity contribution >= 4 is 32.4 Å². The Bertz CT molecular complexity index is 1680. The topological polar surface area (TPSA) is 102 Å². The summed E-state index contributed by atoms with van der Waals surface area (Å²) in [7, 11) is -4.34. The molecule has 0 saturated heterocycles. The van der Waals surface area contributed by atoms with Gasteiger partial charge in [-0.2, -0.15) is 4.98 Å². The van der Waals surface area contributed by atoms with Gasteiger partial charge in [-0.15, -0.1) is 0 Å². The molecule has 38 heavy (non-hydrogen) atoms. The maximum atomic E-state index is 13.8. The van der Waals surface area contributed by atoms with E-state index in [2.05, 4.69) is 44.7 Å². The van der Waals surface area contributed by atoms with Gasteiger partial charge in [0.05, 0.1) is 10.9 Å². The Hall–Kier alpha value is -3.05. The van der Waals surface area contributed by atoms with E-state index in [1.165, 1.54) is 12.1 Å². The number of fused-ring (bicyclic) bond motifs is 1. The van der Waals surface area contributed by atoms with Crippen molar-refractivity contribution in [3.8, 4) is 17.0 Å². The minimum Gasteiger partial charge on any atom is -0.493 e. The van der Waals surface area contributed by atoms with Crippen molar-refractivity contribution in [1.82, 2.24) is 14.5 Å². The van der Waals surface area contributed by atoms with Crippen LogP contribution in [0.5, 0.6) is 5.88 Å². The fourth-order valence-electron chi connectivity index (χ4n) is 5.17. The Balaban J connectivity index is 1.64. The first-order valence-electron chi connectivity index (χ1n) is 12.6. The van der Waals surface area contributed by atoms with Crippen LogP contribution in [0.2, 0.25) is 0 Å². The Kier molecular flexibility index (Phi) is 7.41. The molecule has 1 N–H and O–H groups in total. The molecule has 1 aliphatic rings. The van der Waals surface area contributed by atoms with Gasteiger partial charge >= 0.3 is 0 Å². The second kappa shape index (κ2) is 10.6. The highest BCUT2D eigenvalue weighted by Crippen LogP contribution is 2.40. The first kappa shape index (κ1) is 26.6. The fraction of sp³-hybridized carbons (Fsp3) is 0.276. The molecule has 5 rings (SSSR count). The zero-order valence-electron chi connectivity index (χ0n) is 21.2. The maximum absolute atomic E-state index is 13.8.